The van der Waals surface area contributed by atoms with Crippen molar-refractivity contribution >= 4 is 0 Å². The van der Waals surface area contributed by atoms with E-state index >= 15 is 0 Å². The second-order valence-electron chi connectivity index (χ2n) is 7.22. The van der Waals surface area contributed by atoms with Crippen LogP contribution in [0.3, 0.4) is 0 Å². The van der Waals surface area contributed by atoms with Gasteiger partial charge in [0.05, 0.1) is 36.6 Å². The fourth-order valence-corrected chi connectivity index (χ4v) is 3.34. The molecule has 4 nitrogen and oxygen atoms in total. The standard InChI is InChI=1S/C17H32O4/c1-11(2)7-8-15-17(4,21-15)12(3)16(19-6)14(18-5)9-13-10-20-13/h11-16H,7-10H2,1-6H3/t12?,13-,14+,15?,16-,17+/m0/s1. The first-order valence-electron chi connectivity index (χ1n) is 8.27. The monoisotopic (exact) mass is 300 g/mol. The topological polar surface area (TPSA) is 43.5 Å². The largest absolute Gasteiger partial charge is 0.379 e. The fraction of sp³-hybridized carbons (Fsp3) is 1.00. The van der Waals surface area contributed by atoms with Crippen molar-refractivity contribution in [2.45, 2.75) is 77.0 Å². The van der Waals surface area contributed by atoms with E-state index in [4.69, 9.17) is 18.9 Å². The van der Waals surface area contributed by atoms with Crippen molar-refractivity contribution in [3.8, 4) is 0 Å². The second kappa shape index (κ2) is 6.95. The Labute approximate surface area is 129 Å². The van der Waals surface area contributed by atoms with Crippen molar-refractivity contribution in [2.24, 2.45) is 11.8 Å². The summed E-state index contributed by atoms with van der Waals surface area (Å²) >= 11 is 0. The molecule has 0 radical (unpaired) electrons. The number of ether oxygens (including phenoxy) is 4. The van der Waals surface area contributed by atoms with Gasteiger partial charge in [0.25, 0.3) is 0 Å². The van der Waals surface area contributed by atoms with Crippen LogP contribution in [0.2, 0.25) is 0 Å². The molecule has 2 aliphatic rings. The molecule has 2 rings (SSSR count). The summed E-state index contributed by atoms with van der Waals surface area (Å²) < 4.78 is 22.8. The van der Waals surface area contributed by atoms with Gasteiger partial charge in [-0.3, -0.25) is 0 Å². The maximum absolute atomic E-state index is 6.05. The summed E-state index contributed by atoms with van der Waals surface area (Å²) in [6.45, 7) is 9.82. The highest BCUT2D eigenvalue weighted by Crippen LogP contribution is 2.48. The van der Waals surface area contributed by atoms with Crippen LogP contribution in [0.5, 0.6) is 0 Å². The van der Waals surface area contributed by atoms with Crippen LogP contribution in [-0.2, 0) is 18.9 Å². The lowest BCUT2D eigenvalue weighted by atomic mass is 9.82. The minimum atomic E-state index is -0.0727. The summed E-state index contributed by atoms with van der Waals surface area (Å²) in [7, 11) is 3.54. The van der Waals surface area contributed by atoms with E-state index in [1.807, 2.05) is 0 Å². The summed E-state index contributed by atoms with van der Waals surface area (Å²) in [6, 6.07) is 0. The molecule has 0 aromatic heterocycles. The molecule has 2 unspecified atom stereocenters. The Bertz CT molecular complexity index is 329. The minimum Gasteiger partial charge on any atom is -0.379 e. The molecule has 0 spiro atoms. The van der Waals surface area contributed by atoms with Crippen LogP contribution < -0.4 is 0 Å². The number of methoxy groups -OCH3 is 2. The maximum atomic E-state index is 6.05. The molecule has 0 aromatic carbocycles. The van der Waals surface area contributed by atoms with E-state index in [1.165, 1.54) is 6.42 Å². The summed E-state index contributed by atoms with van der Waals surface area (Å²) in [5, 5.41) is 0. The average molecular weight is 300 g/mol. The quantitative estimate of drug-likeness (QED) is 0.582. The van der Waals surface area contributed by atoms with Crippen LogP contribution >= 0.6 is 0 Å². The van der Waals surface area contributed by atoms with Crippen LogP contribution in [0.15, 0.2) is 0 Å². The fourth-order valence-electron chi connectivity index (χ4n) is 3.34. The van der Waals surface area contributed by atoms with Crippen molar-refractivity contribution < 1.29 is 18.9 Å². The normalized spacial score (nSPS) is 35.6. The molecule has 0 aromatic rings. The van der Waals surface area contributed by atoms with E-state index in [-0.39, 0.29) is 17.8 Å². The molecule has 0 aliphatic carbocycles. The minimum absolute atomic E-state index is 0.0493. The number of epoxide rings is 2. The number of rotatable bonds is 10. The summed E-state index contributed by atoms with van der Waals surface area (Å²) in [6.07, 6.45) is 4.10. The molecule has 0 N–H and O–H groups in total. The Balaban J connectivity index is 1.91. The molecular formula is C17H32O4. The van der Waals surface area contributed by atoms with Crippen molar-refractivity contribution in [2.75, 3.05) is 20.8 Å². The molecule has 0 amide bonds. The van der Waals surface area contributed by atoms with Crippen molar-refractivity contribution in [1.29, 1.82) is 0 Å². The number of hydrogen-bond donors (Lipinski definition) is 0. The molecule has 6 atom stereocenters. The third-order valence-corrected chi connectivity index (χ3v) is 5.22. The third-order valence-electron chi connectivity index (χ3n) is 5.22. The summed E-state index contributed by atoms with van der Waals surface area (Å²) in [4.78, 5) is 0. The zero-order valence-corrected chi connectivity index (χ0v) is 14.4. The zero-order chi connectivity index (χ0) is 15.6. The van der Waals surface area contributed by atoms with E-state index < -0.39 is 0 Å². The Morgan fingerprint density at radius 1 is 1.19 bits per heavy atom. The molecule has 2 aliphatic heterocycles. The molecule has 124 valence electrons. The molecule has 2 heterocycles. The van der Waals surface area contributed by atoms with E-state index in [9.17, 15) is 0 Å². The van der Waals surface area contributed by atoms with Crippen molar-refractivity contribution in [1.82, 2.24) is 0 Å². The predicted molar refractivity (Wildman–Crippen MR) is 82.5 cm³/mol. The molecule has 4 heteroatoms. The van der Waals surface area contributed by atoms with Crippen molar-refractivity contribution in [3.63, 3.8) is 0 Å². The molecule has 2 fully saturated rings. The van der Waals surface area contributed by atoms with Gasteiger partial charge >= 0.3 is 0 Å². The van der Waals surface area contributed by atoms with E-state index in [0.29, 0.717) is 18.1 Å². The highest BCUT2D eigenvalue weighted by Gasteiger charge is 2.58. The highest BCUT2D eigenvalue weighted by atomic mass is 16.6. The van der Waals surface area contributed by atoms with Crippen LogP contribution in [0.25, 0.3) is 0 Å². The first kappa shape index (κ1) is 17.2. The number of hydrogen-bond acceptors (Lipinski definition) is 4. The maximum Gasteiger partial charge on any atom is 0.0971 e. The van der Waals surface area contributed by atoms with Crippen molar-refractivity contribution in [3.05, 3.63) is 0 Å². The second-order valence-corrected chi connectivity index (χ2v) is 7.22. The lowest BCUT2D eigenvalue weighted by Gasteiger charge is -2.32. The smallest absolute Gasteiger partial charge is 0.0971 e. The van der Waals surface area contributed by atoms with Gasteiger partial charge in [0.2, 0.25) is 0 Å². The summed E-state index contributed by atoms with van der Waals surface area (Å²) in [5.41, 5.74) is -0.0727. The Morgan fingerprint density at radius 2 is 1.86 bits per heavy atom. The van der Waals surface area contributed by atoms with Gasteiger partial charge in [0, 0.05) is 26.6 Å². The first-order valence-corrected chi connectivity index (χ1v) is 8.27. The van der Waals surface area contributed by atoms with E-state index in [2.05, 4.69) is 27.7 Å². The van der Waals surface area contributed by atoms with Gasteiger partial charge in [0.15, 0.2) is 0 Å². The Hall–Kier alpha value is -0.160. The van der Waals surface area contributed by atoms with Crippen LogP contribution in [0.1, 0.15) is 47.0 Å². The van der Waals surface area contributed by atoms with Gasteiger partial charge in [-0.25, -0.2) is 0 Å². The van der Waals surface area contributed by atoms with Crippen LogP contribution in [0.4, 0.5) is 0 Å². The summed E-state index contributed by atoms with van der Waals surface area (Å²) in [5.74, 6) is 1.04. The van der Waals surface area contributed by atoms with Gasteiger partial charge in [-0.2, -0.15) is 0 Å². The third kappa shape index (κ3) is 4.19. The lowest BCUT2D eigenvalue weighted by molar-refractivity contribution is -0.0803. The van der Waals surface area contributed by atoms with Gasteiger partial charge in [0.1, 0.15) is 0 Å². The van der Waals surface area contributed by atoms with Gasteiger partial charge in [-0.05, 0) is 25.7 Å². The molecule has 0 bridgehead atoms. The Morgan fingerprint density at radius 3 is 2.33 bits per heavy atom. The van der Waals surface area contributed by atoms with E-state index in [1.54, 1.807) is 14.2 Å². The molecular weight excluding hydrogens is 268 g/mol. The first-order chi connectivity index (χ1) is 9.92. The SMILES string of the molecule is CO[C@H](C[C@H]1CO1)[C@@H](OC)C(C)[C@@]1(C)OC1CCC(C)C. The van der Waals surface area contributed by atoms with Gasteiger partial charge in [-0.15, -0.1) is 0 Å². The molecule has 2 saturated heterocycles. The van der Waals surface area contributed by atoms with Crippen LogP contribution in [0, 0.1) is 11.8 Å². The highest BCUT2D eigenvalue weighted by molar-refractivity contribution is 5.06. The lowest BCUT2D eigenvalue weighted by Crippen LogP contribution is -2.43. The van der Waals surface area contributed by atoms with Crippen LogP contribution in [-0.4, -0.2) is 50.8 Å². The van der Waals surface area contributed by atoms with Gasteiger partial charge in [-0.1, -0.05) is 20.8 Å². The Kier molecular flexibility index (Phi) is 5.69. The predicted octanol–water partition coefficient (Wildman–Crippen LogP) is 3.04. The molecule has 21 heavy (non-hydrogen) atoms. The van der Waals surface area contributed by atoms with E-state index in [0.717, 1.165) is 25.4 Å². The zero-order valence-electron chi connectivity index (χ0n) is 14.4. The molecule has 0 saturated carbocycles. The van der Waals surface area contributed by atoms with Gasteiger partial charge < -0.3 is 18.9 Å². The average Bonchev–Trinajstić information content (AvgIpc) is 3.34.